The Morgan fingerprint density at radius 1 is 1.25 bits per heavy atom. The number of hydrogen-bond acceptors (Lipinski definition) is 5. The fourth-order valence-electron chi connectivity index (χ4n) is 3.72. The van der Waals surface area contributed by atoms with Crippen molar-refractivity contribution in [2.45, 2.75) is 52.2 Å². The highest BCUT2D eigenvalue weighted by molar-refractivity contribution is 5.92. The van der Waals surface area contributed by atoms with Crippen LogP contribution in [-0.4, -0.2) is 58.3 Å². The number of likely N-dealkylation sites (tertiary alicyclic amines) is 2. The maximum absolute atomic E-state index is 12.6. The molecule has 1 aromatic heterocycles. The number of nitrogens with zero attached hydrogens (tertiary/aromatic N) is 3. The number of aliphatic hydroxyl groups is 1. The molecule has 6 heteroatoms. The fraction of sp³-hybridized carbons (Fsp3) is 0.778. The summed E-state index contributed by atoms with van der Waals surface area (Å²) in [5, 5.41) is 13.5. The predicted octanol–water partition coefficient (Wildman–Crippen LogP) is 2.14. The van der Waals surface area contributed by atoms with Crippen molar-refractivity contribution in [3.8, 4) is 0 Å². The summed E-state index contributed by atoms with van der Waals surface area (Å²) in [6, 6.07) is 1.78. The lowest BCUT2D eigenvalue weighted by Crippen LogP contribution is -2.39. The SMILES string of the molecule is CC(C)C1CCN(C(=O)c2cc(CN3CCC(O)CC3)on2)CC1. The van der Waals surface area contributed by atoms with E-state index in [1.807, 2.05) is 4.90 Å². The lowest BCUT2D eigenvalue weighted by Gasteiger charge is -2.33. The third-order valence-electron chi connectivity index (χ3n) is 5.48. The average molecular weight is 335 g/mol. The number of aromatic nitrogens is 1. The van der Waals surface area contributed by atoms with E-state index in [-0.39, 0.29) is 12.0 Å². The second-order valence-electron chi connectivity index (χ2n) is 7.56. The molecular weight excluding hydrogens is 306 g/mol. The molecule has 0 unspecified atom stereocenters. The molecule has 3 rings (SSSR count). The van der Waals surface area contributed by atoms with E-state index in [2.05, 4.69) is 23.9 Å². The van der Waals surface area contributed by atoms with Crippen LogP contribution in [0.4, 0.5) is 0 Å². The van der Waals surface area contributed by atoms with Gasteiger partial charge in [0.05, 0.1) is 12.6 Å². The fourth-order valence-corrected chi connectivity index (χ4v) is 3.72. The van der Waals surface area contributed by atoms with Gasteiger partial charge in [0.1, 0.15) is 0 Å². The van der Waals surface area contributed by atoms with Crippen LogP contribution >= 0.6 is 0 Å². The first-order valence-electron chi connectivity index (χ1n) is 9.18. The van der Waals surface area contributed by atoms with E-state index in [4.69, 9.17) is 4.52 Å². The molecular formula is C18H29N3O3. The van der Waals surface area contributed by atoms with E-state index in [0.717, 1.165) is 63.5 Å². The van der Waals surface area contributed by atoms with Crippen LogP contribution in [0.5, 0.6) is 0 Å². The summed E-state index contributed by atoms with van der Waals surface area (Å²) in [6.07, 6.45) is 3.56. The van der Waals surface area contributed by atoms with Gasteiger partial charge in [-0.15, -0.1) is 0 Å². The Hall–Kier alpha value is -1.40. The molecule has 0 spiro atoms. The van der Waals surface area contributed by atoms with Crippen LogP contribution in [0.25, 0.3) is 0 Å². The summed E-state index contributed by atoms with van der Waals surface area (Å²) in [6.45, 7) is 8.50. The van der Waals surface area contributed by atoms with Gasteiger partial charge in [-0.3, -0.25) is 9.69 Å². The van der Waals surface area contributed by atoms with Gasteiger partial charge in [0.2, 0.25) is 0 Å². The van der Waals surface area contributed by atoms with Gasteiger partial charge < -0.3 is 14.5 Å². The van der Waals surface area contributed by atoms with Gasteiger partial charge >= 0.3 is 0 Å². The minimum atomic E-state index is -0.179. The third kappa shape index (κ3) is 4.16. The van der Waals surface area contributed by atoms with Crippen molar-refractivity contribution < 1.29 is 14.4 Å². The summed E-state index contributed by atoms with van der Waals surface area (Å²) < 4.78 is 5.36. The normalized spacial score (nSPS) is 21.6. The highest BCUT2D eigenvalue weighted by Gasteiger charge is 2.27. The first kappa shape index (κ1) is 17.4. The van der Waals surface area contributed by atoms with Crippen molar-refractivity contribution in [2.75, 3.05) is 26.2 Å². The van der Waals surface area contributed by atoms with Crippen molar-refractivity contribution in [3.63, 3.8) is 0 Å². The van der Waals surface area contributed by atoms with Gasteiger partial charge in [-0.25, -0.2) is 0 Å². The monoisotopic (exact) mass is 335 g/mol. The van der Waals surface area contributed by atoms with Gasteiger partial charge in [0, 0.05) is 32.2 Å². The van der Waals surface area contributed by atoms with Crippen LogP contribution in [0.2, 0.25) is 0 Å². The number of amides is 1. The van der Waals surface area contributed by atoms with E-state index in [1.165, 1.54) is 0 Å². The van der Waals surface area contributed by atoms with Gasteiger partial charge in [-0.2, -0.15) is 0 Å². The Morgan fingerprint density at radius 2 is 1.92 bits per heavy atom. The molecule has 0 aliphatic carbocycles. The van der Waals surface area contributed by atoms with Crippen LogP contribution < -0.4 is 0 Å². The molecule has 2 fully saturated rings. The molecule has 1 amide bonds. The standard InChI is InChI=1S/C18H29N3O3/c1-13(2)14-3-9-21(10-4-14)18(23)17-11-16(24-19-17)12-20-7-5-15(22)6-8-20/h11,13-15,22H,3-10,12H2,1-2H3. The zero-order valence-corrected chi connectivity index (χ0v) is 14.8. The van der Waals surface area contributed by atoms with E-state index >= 15 is 0 Å². The van der Waals surface area contributed by atoms with Crippen LogP contribution in [-0.2, 0) is 6.54 Å². The lowest BCUT2D eigenvalue weighted by atomic mass is 9.86. The lowest BCUT2D eigenvalue weighted by molar-refractivity contribution is 0.0655. The molecule has 2 saturated heterocycles. The number of carbonyl (C=O) groups is 1. The van der Waals surface area contributed by atoms with Crippen molar-refractivity contribution in [1.82, 2.24) is 15.0 Å². The summed E-state index contributed by atoms with van der Waals surface area (Å²) in [5.74, 6) is 2.12. The van der Waals surface area contributed by atoms with Crippen LogP contribution in [0.15, 0.2) is 10.6 Å². The molecule has 6 nitrogen and oxygen atoms in total. The minimum absolute atomic E-state index is 0.0127. The Kier molecular flexibility index (Phi) is 5.56. The molecule has 0 aromatic carbocycles. The molecule has 0 bridgehead atoms. The van der Waals surface area contributed by atoms with Gasteiger partial charge in [-0.1, -0.05) is 19.0 Å². The minimum Gasteiger partial charge on any atom is -0.393 e. The topological polar surface area (TPSA) is 69.8 Å². The Bertz CT molecular complexity index is 541. The van der Waals surface area contributed by atoms with Crippen LogP contribution in [0, 0.1) is 11.8 Å². The van der Waals surface area contributed by atoms with E-state index < -0.39 is 0 Å². The summed E-state index contributed by atoms with van der Waals surface area (Å²) in [4.78, 5) is 16.7. The van der Waals surface area contributed by atoms with Crippen molar-refractivity contribution in [2.24, 2.45) is 11.8 Å². The molecule has 1 N–H and O–H groups in total. The van der Waals surface area contributed by atoms with Crippen molar-refractivity contribution >= 4 is 5.91 Å². The molecule has 1 aromatic rings. The second-order valence-corrected chi connectivity index (χ2v) is 7.56. The van der Waals surface area contributed by atoms with Gasteiger partial charge in [0.25, 0.3) is 5.91 Å². The smallest absolute Gasteiger partial charge is 0.276 e. The Balaban J connectivity index is 1.52. The first-order chi connectivity index (χ1) is 11.5. The molecule has 0 radical (unpaired) electrons. The number of hydrogen-bond donors (Lipinski definition) is 1. The first-order valence-corrected chi connectivity index (χ1v) is 9.18. The average Bonchev–Trinajstić information content (AvgIpc) is 3.05. The molecule has 2 aliphatic rings. The molecule has 2 aliphatic heterocycles. The highest BCUT2D eigenvalue weighted by Crippen LogP contribution is 2.25. The van der Waals surface area contributed by atoms with Crippen LogP contribution in [0.3, 0.4) is 0 Å². The quantitative estimate of drug-likeness (QED) is 0.913. The zero-order chi connectivity index (χ0) is 17.1. The van der Waals surface area contributed by atoms with Crippen molar-refractivity contribution in [3.05, 3.63) is 17.5 Å². The maximum atomic E-state index is 12.6. The molecule has 134 valence electrons. The number of piperidine rings is 2. The largest absolute Gasteiger partial charge is 0.393 e. The third-order valence-corrected chi connectivity index (χ3v) is 5.48. The Morgan fingerprint density at radius 3 is 2.54 bits per heavy atom. The van der Waals surface area contributed by atoms with Crippen molar-refractivity contribution in [1.29, 1.82) is 0 Å². The number of rotatable bonds is 4. The zero-order valence-electron chi connectivity index (χ0n) is 14.8. The van der Waals surface area contributed by atoms with E-state index in [1.54, 1.807) is 6.07 Å². The van der Waals surface area contributed by atoms with Gasteiger partial charge in [-0.05, 0) is 37.5 Å². The highest BCUT2D eigenvalue weighted by atomic mass is 16.5. The summed E-state index contributed by atoms with van der Waals surface area (Å²) in [7, 11) is 0. The molecule has 3 heterocycles. The number of aliphatic hydroxyl groups excluding tert-OH is 1. The summed E-state index contributed by atoms with van der Waals surface area (Å²) >= 11 is 0. The summed E-state index contributed by atoms with van der Waals surface area (Å²) in [5.41, 5.74) is 0.421. The molecule has 24 heavy (non-hydrogen) atoms. The van der Waals surface area contributed by atoms with E-state index in [0.29, 0.717) is 18.2 Å². The van der Waals surface area contributed by atoms with Crippen LogP contribution in [0.1, 0.15) is 55.8 Å². The maximum Gasteiger partial charge on any atom is 0.276 e. The molecule has 0 atom stereocenters. The van der Waals surface area contributed by atoms with Gasteiger partial charge in [0.15, 0.2) is 11.5 Å². The number of carbonyl (C=O) groups excluding carboxylic acids is 1. The second kappa shape index (κ2) is 7.66. The predicted molar refractivity (Wildman–Crippen MR) is 90.5 cm³/mol. The Labute approximate surface area is 143 Å². The molecule has 0 saturated carbocycles. The van der Waals surface area contributed by atoms with E-state index in [9.17, 15) is 9.90 Å².